The van der Waals surface area contributed by atoms with E-state index in [1.807, 2.05) is 6.07 Å². The third kappa shape index (κ3) is 3.77. The highest BCUT2D eigenvalue weighted by molar-refractivity contribution is 9.13. The van der Waals surface area contributed by atoms with Crippen LogP contribution in [0.4, 0.5) is 0 Å². The molecule has 0 aliphatic carbocycles. The first-order chi connectivity index (χ1) is 8.16. The zero-order chi connectivity index (χ0) is 12.3. The van der Waals surface area contributed by atoms with Gasteiger partial charge in [-0.25, -0.2) is 0 Å². The molecule has 1 aliphatic rings. The van der Waals surface area contributed by atoms with Crippen molar-refractivity contribution in [3.63, 3.8) is 0 Å². The maximum atomic E-state index is 11.9. The van der Waals surface area contributed by atoms with E-state index in [0.29, 0.717) is 5.92 Å². The van der Waals surface area contributed by atoms with Gasteiger partial charge in [-0.3, -0.25) is 4.79 Å². The number of rotatable bonds is 3. The van der Waals surface area contributed by atoms with Crippen molar-refractivity contribution in [1.82, 2.24) is 10.6 Å². The number of hydrogen-bond donors (Lipinski definition) is 2. The second-order valence-electron chi connectivity index (χ2n) is 4.15. The minimum Gasteiger partial charge on any atom is -0.351 e. The highest BCUT2D eigenvalue weighted by atomic mass is 79.9. The SMILES string of the molecule is O=C(NCC1CCCNC1)c1cc(Br)c(Br)s1. The molecule has 1 aliphatic heterocycles. The standard InChI is InChI=1S/C11H14Br2N2OS/c12-8-4-9(17-10(8)13)11(16)15-6-7-2-1-3-14-5-7/h4,7,14H,1-3,5-6H2,(H,15,16). The van der Waals surface area contributed by atoms with Crippen molar-refractivity contribution in [2.75, 3.05) is 19.6 Å². The fourth-order valence-electron chi connectivity index (χ4n) is 1.88. The number of carbonyl (C=O) groups is 1. The molecule has 2 N–H and O–H groups in total. The van der Waals surface area contributed by atoms with E-state index in [-0.39, 0.29) is 5.91 Å². The normalized spacial score (nSPS) is 20.2. The van der Waals surface area contributed by atoms with Crippen LogP contribution in [0.2, 0.25) is 0 Å². The Bertz CT molecular complexity index is 383. The van der Waals surface area contributed by atoms with Gasteiger partial charge in [-0.1, -0.05) is 0 Å². The molecule has 1 amide bonds. The van der Waals surface area contributed by atoms with Crippen LogP contribution in [0.1, 0.15) is 22.5 Å². The van der Waals surface area contributed by atoms with Gasteiger partial charge >= 0.3 is 0 Å². The van der Waals surface area contributed by atoms with Crippen molar-refractivity contribution in [3.8, 4) is 0 Å². The largest absolute Gasteiger partial charge is 0.351 e. The van der Waals surface area contributed by atoms with Gasteiger partial charge in [0.15, 0.2) is 0 Å². The van der Waals surface area contributed by atoms with E-state index < -0.39 is 0 Å². The van der Waals surface area contributed by atoms with Gasteiger partial charge in [0.1, 0.15) is 0 Å². The van der Waals surface area contributed by atoms with E-state index in [4.69, 9.17) is 0 Å². The fraction of sp³-hybridized carbons (Fsp3) is 0.545. The molecule has 0 saturated carbocycles. The van der Waals surface area contributed by atoms with Crippen LogP contribution in [0.5, 0.6) is 0 Å². The van der Waals surface area contributed by atoms with E-state index >= 15 is 0 Å². The van der Waals surface area contributed by atoms with Gasteiger partial charge in [0.05, 0.1) is 8.66 Å². The molecule has 2 heterocycles. The minimum absolute atomic E-state index is 0.0203. The smallest absolute Gasteiger partial charge is 0.261 e. The molecular weight excluding hydrogens is 368 g/mol. The summed E-state index contributed by atoms with van der Waals surface area (Å²) in [5.74, 6) is 0.589. The number of thiophene rings is 1. The first kappa shape index (κ1) is 13.5. The van der Waals surface area contributed by atoms with Crippen molar-refractivity contribution in [2.45, 2.75) is 12.8 Å². The van der Waals surface area contributed by atoms with Crippen LogP contribution in [0, 0.1) is 5.92 Å². The first-order valence-corrected chi connectivity index (χ1v) is 8.01. The van der Waals surface area contributed by atoms with Gasteiger partial charge in [-0.05, 0) is 69.8 Å². The second-order valence-corrected chi connectivity index (χ2v) is 7.38. The van der Waals surface area contributed by atoms with Crippen LogP contribution < -0.4 is 10.6 Å². The Morgan fingerprint density at radius 3 is 3.00 bits per heavy atom. The van der Waals surface area contributed by atoms with Crippen LogP contribution in [0.25, 0.3) is 0 Å². The quantitative estimate of drug-likeness (QED) is 0.844. The van der Waals surface area contributed by atoms with Gasteiger partial charge in [0, 0.05) is 11.0 Å². The Morgan fingerprint density at radius 1 is 1.59 bits per heavy atom. The molecule has 0 bridgehead atoms. The van der Waals surface area contributed by atoms with Crippen molar-refractivity contribution < 1.29 is 4.79 Å². The summed E-state index contributed by atoms with van der Waals surface area (Å²) >= 11 is 8.23. The molecule has 1 atom stereocenters. The Kier molecular flexibility index (Phi) is 5.02. The summed E-state index contributed by atoms with van der Waals surface area (Å²) in [5.41, 5.74) is 0. The topological polar surface area (TPSA) is 41.1 Å². The first-order valence-electron chi connectivity index (χ1n) is 5.60. The number of piperidine rings is 1. The maximum absolute atomic E-state index is 11.9. The Hall–Kier alpha value is 0.0900. The lowest BCUT2D eigenvalue weighted by Crippen LogP contribution is -2.37. The predicted molar refractivity (Wildman–Crippen MR) is 77.6 cm³/mol. The molecule has 2 rings (SSSR count). The van der Waals surface area contributed by atoms with Crippen molar-refractivity contribution >= 4 is 49.1 Å². The fourth-order valence-corrected chi connectivity index (χ4v) is 3.83. The maximum Gasteiger partial charge on any atom is 0.261 e. The lowest BCUT2D eigenvalue weighted by Gasteiger charge is -2.22. The monoisotopic (exact) mass is 380 g/mol. The van der Waals surface area contributed by atoms with E-state index in [0.717, 1.165) is 32.8 Å². The lowest BCUT2D eigenvalue weighted by atomic mass is 10.00. The third-order valence-corrected chi connectivity index (χ3v) is 6.07. The average molecular weight is 382 g/mol. The summed E-state index contributed by atoms with van der Waals surface area (Å²) in [4.78, 5) is 12.6. The zero-order valence-corrected chi connectivity index (χ0v) is 13.3. The molecule has 6 heteroatoms. The number of nitrogens with one attached hydrogen (secondary N) is 2. The molecule has 3 nitrogen and oxygen atoms in total. The summed E-state index contributed by atoms with van der Waals surface area (Å²) in [7, 11) is 0. The van der Waals surface area contributed by atoms with Crippen molar-refractivity contribution in [2.24, 2.45) is 5.92 Å². The van der Waals surface area contributed by atoms with Crippen LogP contribution in [-0.2, 0) is 0 Å². The Balaban J connectivity index is 1.84. The van der Waals surface area contributed by atoms with E-state index in [1.54, 1.807) is 0 Å². The zero-order valence-electron chi connectivity index (χ0n) is 9.26. The average Bonchev–Trinajstić information content (AvgIpc) is 2.68. The van der Waals surface area contributed by atoms with Crippen molar-refractivity contribution in [1.29, 1.82) is 0 Å². The number of carbonyl (C=O) groups excluding carboxylic acids is 1. The number of amides is 1. The summed E-state index contributed by atoms with van der Waals surface area (Å²) in [6, 6.07) is 1.85. The van der Waals surface area contributed by atoms with Crippen LogP contribution in [0.3, 0.4) is 0 Å². The summed E-state index contributed by atoms with van der Waals surface area (Å²) in [6.45, 7) is 2.88. The Labute approximate surface area is 122 Å². The summed E-state index contributed by atoms with van der Waals surface area (Å²) in [6.07, 6.45) is 2.40. The summed E-state index contributed by atoms with van der Waals surface area (Å²) < 4.78 is 1.90. The van der Waals surface area contributed by atoms with Gasteiger partial charge in [-0.2, -0.15) is 0 Å². The molecule has 1 aromatic rings. The van der Waals surface area contributed by atoms with Gasteiger partial charge < -0.3 is 10.6 Å². The van der Waals surface area contributed by atoms with E-state index in [9.17, 15) is 4.79 Å². The molecule has 94 valence electrons. The highest BCUT2D eigenvalue weighted by Gasteiger charge is 2.16. The van der Waals surface area contributed by atoms with Crippen LogP contribution in [0.15, 0.2) is 14.3 Å². The minimum atomic E-state index is 0.0203. The van der Waals surface area contributed by atoms with E-state index in [1.165, 1.54) is 24.2 Å². The predicted octanol–water partition coefficient (Wildman–Crippen LogP) is 3.00. The molecule has 1 unspecified atom stereocenters. The molecule has 1 aromatic heterocycles. The van der Waals surface area contributed by atoms with Gasteiger partial charge in [0.25, 0.3) is 5.91 Å². The highest BCUT2D eigenvalue weighted by Crippen LogP contribution is 2.32. The molecule has 1 fully saturated rings. The van der Waals surface area contributed by atoms with Crippen LogP contribution >= 0.6 is 43.2 Å². The molecule has 17 heavy (non-hydrogen) atoms. The number of hydrogen-bond acceptors (Lipinski definition) is 3. The Morgan fingerprint density at radius 2 is 2.41 bits per heavy atom. The third-order valence-electron chi connectivity index (χ3n) is 2.82. The van der Waals surface area contributed by atoms with E-state index in [2.05, 4.69) is 42.5 Å². The van der Waals surface area contributed by atoms with Crippen molar-refractivity contribution in [3.05, 3.63) is 19.2 Å². The molecule has 0 spiro atoms. The lowest BCUT2D eigenvalue weighted by molar-refractivity contribution is 0.0949. The molecule has 0 radical (unpaired) electrons. The summed E-state index contributed by atoms with van der Waals surface area (Å²) in [5, 5.41) is 6.35. The van der Waals surface area contributed by atoms with Crippen LogP contribution in [-0.4, -0.2) is 25.5 Å². The van der Waals surface area contributed by atoms with Gasteiger partial charge in [-0.15, -0.1) is 11.3 Å². The molecule has 0 aromatic carbocycles. The second kappa shape index (κ2) is 6.31. The van der Waals surface area contributed by atoms with Gasteiger partial charge in [0.2, 0.25) is 0 Å². The molecule has 1 saturated heterocycles. The number of halogens is 2. The molecular formula is C11H14Br2N2OS.